The topological polar surface area (TPSA) is 145 Å². The molecule has 13 heteroatoms. The van der Waals surface area contributed by atoms with Crippen LogP contribution in [0.5, 0.6) is 11.5 Å². The third-order valence-corrected chi connectivity index (χ3v) is 9.83. The van der Waals surface area contributed by atoms with Crippen LogP contribution < -0.4 is 19.3 Å². The van der Waals surface area contributed by atoms with Gasteiger partial charge in [-0.1, -0.05) is 42.5 Å². The molecule has 232 valence electrons. The summed E-state index contributed by atoms with van der Waals surface area (Å²) in [4.78, 5) is 16.1. The maximum Gasteiger partial charge on any atom is 0.265 e. The van der Waals surface area contributed by atoms with E-state index in [1.807, 2.05) is 30.3 Å². The Bertz CT molecular complexity index is 1760. The molecule has 0 saturated carbocycles. The van der Waals surface area contributed by atoms with Crippen molar-refractivity contribution in [3.63, 3.8) is 0 Å². The second kappa shape index (κ2) is 14.7. The highest BCUT2D eigenvalue weighted by Crippen LogP contribution is 2.23. The van der Waals surface area contributed by atoms with Gasteiger partial charge in [-0.2, -0.15) is 0 Å². The van der Waals surface area contributed by atoms with Crippen molar-refractivity contribution in [1.82, 2.24) is 9.62 Å². The lowest BCUT2D eigenvalue weighted by Crippen LogP contribution is -2.30. The molecule has 0 aliphatic heterocycles. The smallest absolute Gasteiger partial charge is 0.265 e. The standard InChI is InChI=1S/C31H33N3O7S3/c1-40-26-18-25(19-27(20-26)41-2)31(35)33-44(38,39)30-14-10-24(11-15-30)22-34(16-17-42-28-6-4-3-5-7-28)21-23-8-12-29(13-9-23)43(32,36)37/h3-15,18-20H,16-17,21-22H2,1-2H3,(H,33,35)(H2,32,36,37). The lowest BCUT2D eigenvalue weighted by Gasteiger charge is -2.23. The normalized spacial score (nSPS) is 11.7. The number of ether oxygens (including phenoxy) is 2. The minimum Gasteiger partial charge on any atom is -0.497 e. The van der Waals surface area contributed by atoms with Crippen molar-refractivity contribution in [2.24, 2.45) is 5.14 Å². The van der Waals surface area contributed by atoms with Gasteiger partial charge < -0.3 is 9.47 Å². The zero-order valence-corrected chi connectivity index (χ0v) is 26.6. The van der Waals surface area contributed by atoms with E-state index in [1.165, 1.54) is 50.6 Å². The molecule has 1 amide bonds. The lowest BCUT2D eigenvalue weighted by molar-refractivity contribution is 0.0980. The lowest BCUT2D eigenvalue weighted by atomic mass is 10.1. The number of nitrogens with two attached hydrogens (primary N) is 1. The average molecular weight is 656 g/mol. The van der Waals surface area contributed by atoms with Crippen LogP contribution in [-0.4, -0.2) is 54.2 Å². The largest absolute Gasteiger partial charge is 0.497 e. The van der Waals surface area contributed by atoms with E-state index in [2.05, 4.69) is 9.62 Å². The Morgan fingerprint density at radius 2 is 1.30 bits per heavy atom. The summed E-state index contributed by atoms with van der Waals surface area (Å²) >= 11 is 1.72. The molecule has 10 nitrogen and oxygen atoms in total. The first-order valence-corrected chi connectivity index (χ1v) is 17.4. The Labute approximate surface area is 262 Å². The number of benzene rings is 4. The number of hydrogen-bond acceptors (Lipinski definition) is 9. The Kier molecular flexibility index (Phi) is 11.1. The van der Waals surface area contributed by atoms with Crippen molar-refractivity contribution in [1.29, 1.82) is 0 Å². The fraction of sp³-hybridized carbons (Fsp3) is 0.194. The molecule has 0 spiro atoms. The predicted molar refractivity (Wildman–Crippen MR) is 170 cm³/mol. The minimum absolute atomic E-state index is 0.0434. The molecule has 0 aliphatic rings. The number of sulfonamides is 2. The zero-order chi connectivity index (χ0) is 31.7. The van der Waals surface area contributed by atoms with Crippen molar-refractivity contribution in [3.8, 4) is 11.5 Å². The number of carbonyl (C=O) groups excluding carboxylic acids is 1. The molecule has 0 unspecified atom stereocenters. The van der Waals surface area contributed by atoms with Crippen LogP contribution >= 0.6 is 11.8 Å². The van der Waals surface area contributed by atoms with Gasteiger partial charge in [0.1, 0.15) is 11.5 Å². The van der Waals surface area contributed by atoms with Gasteiger partial charge in [-0.3, -0.25) is 9.69 Å². The van der Waals surface area contributed by atoms with Gasteiger partial charge in [-0.25, -0.2) is 26.7 Å². The van der Waals surface area contributed by atoms with Gasteiger partial charge >= 0.3 is 0 Å². The molecule has 4 rings (SSSR count). The summed E-state index contributed by atoms with van der Waals surface area (Å²) in [7, 11) is -5.08. The van der Waals surface area contributed by atoms with Crippen LogP contribution in [0, 0.1) is 0 Å². The van der Waals surface area contributed by atoms with Gasteiger partial charge in [0.25, 0.3) is 15.9 Å². The number of primary sulfonamides is 1. The highest BCUT2D eigenvalue weighted by molar-refractivity contribution is 7.99. The molecular weight excluding hydrogens is 623 g/mol. The minimum atomic E-state index is -4.16. The van der Waals surface area contributed by atoms with E-state index < -0.39 is 26.0 Å². The molecule has 44 heavy (non-hydrogen) atoms. The summed E-state index contributed by atoms with van der Waals surface area (Å²) in [6, 6.07) is 27.2. The van der Waals surface area contributed by atoms with Crippen molar-refractivity contribution in [3.05, 3.63) is 114 Å². The fourth-order valence-corrected chi connectivity index (χ4v) is 6.70. The van der Waals surface area contributed by atoms with Crippen LogP contribution in [0.1, 0.15) is 21.5 Å². The Morgan fingerprint density at radius 3 is 1.80 bits per heavy atom. The number of thioether (sulfide) groups is 1. The third kappa shape index (κ3) is 9.31. The number of methoxy groups -OCH3 is 2. The Hall–Kier alpha value is -3.88. The molecule has 0 fully saturated rings. The molecular formula is C31H33N3O7S3. The van der Waals surface area contributed by atoms with Crippen molar-refractivity contribution >= 4 is 37.7 Å². The number of rotatable bonds is 14. The SMILES string of the molecule is COc1cc(OC)cc(C(=O)NS(=O)(=O)c2ccc(CN(CCSc3ccccc3)Cc3ccc(S(N)(=O)=O)cc3)cc2)c1. The number of nitrogens with zero attached hydrogens (tertiary/aromatic N) is 1. The van der Waals surface area contributed by atoms with Crippen molar-refractivity contribution in [2.45, 2.75) is 27.8 Å². The second-order valence-electron chi connectivity index (χ2n) is 9.74. The number of nitrogens with one attached hydrogen (secondary N) is 1. The summed E-state index contributed by atoms with van der Waals surface area (Å²) in [6.07, 6.45) is 0. The molecule has 4 aromatic carbocycles. The highest BCUT2D eigenvalue weighted by atomic mass is 32.2. The molecule has 0 saturated heterocycles. The summed E-state index contributed by atoms with van der Waals surface area (Å²) in [5, 5.41) is 5.24. The summed E-state index contributed by atoms with van der Waals surface area (Å²) in [5.74, 6) is 0.681. The van der Waals surface area contributed by atoms with E-state index in [4.69, 9.17) is 14.6 Å². The van der Waals surface area contributed by atoms with Crippen LogP contribution in [-0.2, 0) is 33.1 Å². The van der Waals surface area contributed by atoms with E-state index in [-0.39, 0.29) is 15.4 Å². The van der Waals surface area contributed by atoms with Gasteiger partial charge in [0.2, 0.25) is 10.0 Å². The Balaban J connectivity index is 1.46. The Morgan fingerprint density at radius 1 is 0.773 bits per heavy atom. The highest BCUT2D eigenvalue weighted by Gasteiger charge is 2.20. The molecule has 0 bridgehead atoms. The predicted octanol–water partition coefficient (Wildman–Crippen LogP) is 4.26. The van der Waals surface area contributed by atoms with Gasteiger partial charge in [0, 0.05) is 41.9 Å². The van der Waals surface area contributed by atoms with Crippen LogP contribution in [0.3, 0.4) is 0 Å². The quantitative estimate of drug-likeness (QED) is 0.190. The van der Waals surface area contributed by atoms with Crippen LogP contribution in [0.2, 0.25) is 0 Å². The van der Waals surface area contributed by atoms with Crippen molar-refractivity contribution < 1.29 is 31.1 Å². The molecule has 0 aromatic heterocycles. The van der Waals surface area contributed by atoms with Crippen molar-refractivity contribution in [2.75, 3.05) is 26.5 Å². The number of carbonyl (C=O) groups is 1. The summed E-state index contributed by atoms with van der Waals surface area (Å²) in [5.41, 5.74) is 1.83. The van der Waals surface area contributed by atoms with Gasteiger partial charge in [0.15, 0.2) is 0 Å². The maximum atomic E-state index is 13.0. The molecule has 0 heterocycles. The first-order valence-electron chi connectivity index (χ1n) is 13.4. The number of hydrogen-bond donors (Lipinski definition) is 2. The first kappa shape index (κ1) is 33.0. The number of amides is 1. The molecule has 0 aliphatic carbocycles. The van der Waals surface area contributed by atoms with Crippen LogP contribution in [0.4, 0.5) is 0 Å². The average Bonchev–Trinajstić information content (AvgIpc) is 3.01. The van der Waals surface area contributed by atoms with E-state index in [1.54, 1.807) is 42.1 Å². The molecule has 0 radical (unpaired) electrons. The molecule has 4 aromatic rings. The van der Waals surface area contributed by atoms with E-state index in [9.17, 15) is 21.6 Å². The maximum absolute atomic E-state index is 13.0. The zero-order valence-electron chi connectivity index (χ0n) is 24.2. The van der Waals surface area contributed by atoms with E-state index in [0.29, 0.717) is 31.1 Å². The summed E-state index contributed by atoms with van der Waals surface area (Å²) in [6.45, 7) is 1.74. The fourth-order valence-electron chi connectivity index (χ4n) is 4.28. The molecule has 0 atom stereocenters. The first-order chi connectivity index (χ1) is 21.0. The van der Waals surface area contributed by atoms with Gasteiger partial charge in [-0.15, -0.1) is 11.8 Å². The van der Waals surface area contributed by atoms with Gasteiger partial charge in [0.05, 0.1) is 24.0 Å². The van der Waals surface area contributed by atoms with E-state index in [0.717, 1.165) is 21.8 Å². The van der Waals surface area contributed by atoms with Gasteiger partial charge in [-0.05, 0) is 59.7 Å². The summed E-state index contributed by atoms with van der Waals surface area (Å²) < 4.78 is 61.8. The third-order valence-electron chi connectivity index (χ3n) is 6.56. The molecule has 3 N–H and O–H groups in total. The van der Waals surface area contributed by atoms with E-state index >= 15 is 0 Å². The van der Waals surface area contributed by atoms with Crippen LogP contribution in [0.15, 0.2) is 112 Å². The van der Waals surface area contributed by atoms with Crippen LogP contribution in [0.25, 0.3) is 0 Å². The second-order valence-corrected chi connectivity index (χ2v) is 14.2. The monoisotopic (exact) mass is 655 g/mol.